The van der Waals surface area contributed by atoms with Gasteiger partial charge in [-0.2, -0.15) is 0 Å². The molecule has 4 rings (SSSR count). The minimum absolute atomic E-state index is 0.0795. The van der Waals surface area contributed by atoms with Crippen LogP contribution in [0.1, 0.15) is 55.1 Å². The van der Waals surface area contributed by atoms with E-state index in [2.05, 4.69) is 13.8 Å². The smallest absolute Gasteiger partial charge is 0.174 e. The third-order valence-corrected chi connectivity index (χ3v) is 4.99. The molecule has 1 fully saturated rings. The minimum Gasteiger partial charge on any atom is -0.507 e. The van der Waals surface area contributed by atoms with Crippen molar-refractivity contribution in [3.05, 3.63) is 47.5 Å². The average Bonchev–Trinajstić information content (AvgIpc) is 3.49. The van der Waals surface area contributed by atoms with Crippen molar-refractivity contribution in [3.63, 3.8) is 0 Å². The molecule has 5 nitrogen and oxygen atoms in total. The Kier molecular flexibility index (Phi) is 5.16. The van der Waals surface area contributed by atoms with E-state index in [1.54, 1.807) is 6.07 Å². The van der Waals surface area contributed by atoms with Gasteiger partial charge in [0, 0.05) is 12.1 Å². The third-order valence-electron chi connectivity index (χ3n) is 4.99. The zero-order valence-electron chi connectivity index (χ0n) is 16.3. The fourth-order valence-electron chi connectivity index (χ4n) is 3.22. The molecular weight excluding hydrogens is 356 g/mol. The fraction of sp³-hybridized carbons (Fsp3) is 0.435. The molecule has 28 heavy (non-hydrogen) atoms. The van der Waals surface area contributed by atoms with Gasteiger partial charge in [0.2, 0.25) is 0 Å². The summed E-state index contributed by atoms with van der Waals surface area (Å²) in [6.07, 6.45) is 2.17. The zero-order valence-corrected chi connectivity index (χ0v) is 16.3. The number of fused-ring (bicyclic) bond motifs is 1. The van der Waals surface area contributed by atoms with Crippen LogP contribution in [0.5, 0.6) is 23.0 Å². The van der Waals surface area contributed by atoms with Crippen molar-refractivity contribution in [2.45, 2.75) is 39.2 Å². The Balaban J connectivity index is 1.50. The largest absolute Gasteiger partial charge is 0.507 e. The van der Waals surface area contributed by atoms with Gasteiger partial charge in [-0.1, -0.05) is 26.0 Å². The Morgan fingerprint density at radius 1 is 1.11 bits per heavy atom. The number of ketones is 1. The van der Waals surface area contributed by atoms with Crippen molar-refractivity contribution < 1.29 is 24.1 Å². The Labute approximate surface area is 165 Å². The van der Waals surface area contributed by atoms with Crippen molar-refractivity contribution in [2.75, 3.05) is 13.2 Å². The predicted octanol–water partition coefficient (Wildman–Crippen LogP) is 4.92. The molecule has 0 bridgehead atoms. The van der Waals surface area contributed by atoms with Crippen LogP contribution >= 0.6 is 0 Å². The van der Waals surface area contributed by atoms with E-state index in [-0.39, 0.29) is 23.5 Å². The molecule has 2 aliphatic rings. The number of carbonyl (C=O) groups is 1. The van der Waals surface area contributed by atoms with Gasteiger partial charge in [-0.15, -0.1) is 0 Å². The van der Waals surface area contributed by atoms with Crippen LogP contribution < -0.4 is 14.2 Å². The highest BCUT2D eigenvalue weighted by molar-refractivity contribution is 6.02. The number of hydrogen-bond donors (Lipinski definition) is 1. The lowest BCUT2D eigenvalue weighted by molar-refractivity contribution is 0.0844. The molecule has 1 atom stereocenters. The molecule has 1 saturated carbocycles. The number of rotatable bonds is 7. The Morgan fingerprint density at radius 3 is 2.54 bits per heavy atom. The summed E-state index contributed by atoms with van der Waals surface area (Å²) in [5, 5.41) is 10.3. The number of hydrogen-bond acceptors (Lipinski definition) is 5. The second-order valence-electron chi connectivity index (χ2n) is 8.08. The summed E-state index contributed by atoms with van der Waals surface area (Å²) in [5.41, 5.74) is 1.14. The molecule has 0 spiro atoms. The lowest BCUT2D eigenvalue weighted by Crippen LogP contribution is -2.20. The minimum atomic E-state index is -0.391. The maximum atomic E-state index is 12.6. The molecule has 1 heterocycles. The van der Waals surface area contributed by atoms with Crippen LogP contribution in [-0.4, -0.2) is 24.1 Å². The van der Waals surface area contributed by atoms with Crippen LogP contribution in [0.15, 0.2) is 36.4 Å². The summed E-state index contributed by atoms with van der Waals surface area (Å²) in [5.74, 6) is 2.57. The summed E-state index contributed by atoms with van der Waals surface area (Å²) in [6.45, 7) is 5.50. The number of ether oxygens (including phenoxy) is 3. The number of carbonyl (C=O) groups excluding carboxylic acids is 1. The van der Waals surface area contributed by atoms with E-state index in [0.29, 0.717) is 36.5 Å². The first kappa shape index (κ1) is 18.7. The van der Waals surface area contributed by atoms with Crippen LogP contribution in [0, 0.1) is 11.8 Å². The van der Waals surface area contributed by atoms with Crippen molar-refractivity contribution in [2.24, 2.45) is 11.8 Å². The first-order valence-electron chi connectivity index (χ1n) is 9.92. The number of phenolic OH excluding ortho intramolecular Hbond substituents is 1. The van der Waals surface area contributed by atoms with Crippen LogP contribution in [0.25, 0.3) is 0 Å². The van der Waals surface area contributed by atoms with Crippen molar-refractivity contribution >= 4 is 5.78 Å². The van der Waals surface area contributed by atoms with Crippen molar-refractivity contribution in [3.8, 4) is 23.0 Å². The summed E-state index contributed by atoms with van der Waals surface area (Å²) in [7, 11) is 0. The van der Waals surface area contributed by atoms with Crippen LogP contribution in [0.2, 0.25) is 0 Å². The van der Waals surface area contributed by atoms with Gasteiger partial charge >= 0.3 is 0 Å². The highest BCUT2D eigenvalue weighted by Gasteiger charge is 2.31. The monoisotopic (exact) mass is 382 g/mol. The highest BCUT2D eigenvalue weighted by atomic mass is 16.5. The maximum Gasteiger partial charge on any atom is 0.174 e. The van der Waals surface area contributed by atoms with Crippen molar-refractivity contribution in [1.82, 2.24) is 0 Å². The summed E-state index contributed by atoms with van der Waals surface area (Å²) in [6, 6.07) is 10.9. The molecule has 0 amide bonds. The fourth-order valence-corrected chi connectivity index (χ4v) is 3.22. The first-order valence-corrected chi connectivity index (χ1v) is 9.92. The van der Waals surface area contributed by atoms with Crippen LogP contribution in [0.4, 0.5) is 0 Å². The normalized spacial score (nSPS) is 18.5. The average molecular weight is 382 g/mol. The van der Waals surface area contributed by atoms with E-state index < -0.39 is 6.10 Å². The molecule has 5 heteroatoms. The summed E-state index contributed by atoms with van der Waals surface area (Å²) >= 11 is 0. The molecule has 0 radical (unpaired) electrons. The standard InChI is InChI=1S/C23H26O5/c1-14(2)12-26-17-7-5-16(6-8-17)21-11-20(25)23-19(24)9-18(10-22(23)28-21)27-13-15-3-4-15/h5-10,14-15,21,24H,3-4,11-13H2,1-2H3. The number of benzene rings is 2. The Hall–Kier alpha value is -2.69. The zero-order chi connectivity index (χ0) is 19.7. The molecule has 2 aromatic carbocycles. The number of phenols is 1. The second kappa shape index (κ2) is 7.74. The van der Waals surface area contributed by atoms with Crippen molar-refractivity contribution in [1.29, 1.82) is 0 Å². The summed E-state index contributed by atoms with van der Waals surface area (Å²) < 4.78 is 17.5. The first-order chi connectivity index (χ1) is 13.5. The summed E-state index contributed by atoms with van der Waals surface area (Å²) in [4.78, 5) is 12.6. The predicted molar refractivity (Wildman–Crippen MR) is 105 cm³/mol. The second-order valence-corrected chi connectivity index (χ2v) is 8.08. The number of aromatic hydroxyl groups is 1. The Bertz CT molecular complexity index is 852. The van der Waals surface area contributed by atoms with E-state index >= 15 is 0 Å². The number of Topliss-reactive ketones (excluding diaryl/α,β-unsaturated/α-hetero) is 1. The molecular formula is C23H26O5. The van der Waals surface area contributed by atoms with Gasteiger partial charge in [-0.05, 0) is 42.4 Å². The maximum absolute atomic E-state index is 12.6. The lowest BCUT2D eigenvalue weighted by Gasteiger charge is -2.26. The molecule has 148 valence electrons. The van der Waals surface area contributed by atoms with Gasteiger partial charge in [-0.25, -0.2) is 0 Å². The van der Waals surface area contributed by atoms with E-state index in [9.17, 15) is 9.90 Å². The Morgan fingerprint density at radius 2 is 1.86 bits per heavy atom. The van der Waals surface area contributed by atoms with Gasteiger partial charge in [0.1, 0.15) is 34.7 Å². The van der Waals surface area contributed by atoms with Crippen LogP contribution in [0.3, 0.4) is 0 Å². The molecule has 0 saturated heterocycles. The van der Waals surface area contributed by atoms with Gasteiger partial charge in [-0.3, -0.25) is 4.79 Å². The van der Waals surface area contributed by atoms with E-state index in [4.69, 9.17) is 14.2 Å². The molecule has 2 aromatic rings. The molecule has 1 aliphatic carbocycles. The van der Waals surface area contributed by atoms with Gasteiger partial charge in [0.25, 0.3) is 0 Å². The lowest BCUT2D eigenvalue weighted by atomic mass is 9.95. The molecule has 1 N–H and O–H groups in total. The van der Waals surface area contributed by atoms with E-state index in [1.807, 2.05) is 24.3 Å². The third kappa shape index (κ3) is 4.24. The molecule has 0 aromatic heterocycles. The highest BCUT2D eigenvalue weighted by Crippen LogP contribution is 2.42. The van der Waals surface area contributed by atoms with E-state index in [0.717, 1.165) is 11.3 Å². The molecule has 1 aliphatic heterocycles. The van der Waals surface area contributed by atoms with E-state index in [1.165, 1.54) is 18.9 Å². The quantitative estimate of drug-likeness (QED) is 0.736. The van der Waals surface area contributed by atoms with Gasteiger partial charge < -0.3 is 19.3 Å². The topological polar surface area (TPSA) is 65.0 Å². The van der Waals surface area contributed by atoms with Gasteiger partial charge in [0.15, 0.2) is 5.78 Å². The molecule has 1 unspecified atom stereocenters. The van der Waals surface area contributed by atoms with Crippen LogP contribution in [-0.2, 0) is 0 Å². The SMILES string of the molecule is CC(C)COc1ccc(C2CC(=O)c3c(O)cc(OCC4CC4)cc3O2)cc1. The van der Waals surface area contributed by atoms with Gasteiger partial charge in [0.05, 0.1) is 19.6 Å².